The van der Waals surface area contributed by atoms with Gasteiger partial charge < -0.3 is 9.05 Å². The lowest BCUT2D eigenvalue weighted by molar-refractivity contribution is 0.200. The molecule has 0 spiro atoms. The van der Waals surface area contributed by atoms with Gasteiger partial charge in [-0.1, -0.05) is 50.3 Å². The Morgan fingerprint density at radius 3 is 2.11 bits per heavy atom. The molecule has 19 heavy (non-hydrogen) atoms. The minimum Gasteiger partial charge on any atom is -0.308 e. The Hall–Kier alpha value is -0.890. The van der Waals surface area contributed by atoms with Gasteiger partial charge in [0.15, 0.2) is 0 Å². The Morgan fingerprint density at radius 1 is 1.16 bits per heavy atom. The molecule has 1 rings (SSSR count). The zero-order valence-electron chi connectivity index (χ0n) is 11.7. The topological polar surface area (TPSA) is 35.5 Å². The summed E-state index contributed by atoms with van der Waals surface area (Å²) in [4.78, 5) is 0. The van der Waals surface area contributed by atoms with E-state index in [1.165, 1.54) is 0 Å². The molecule has 1 unspecified atom stereocenters. The van der Waals surface area contributed by atoms with Crippen LogP contribution in [0.3, 0.4) is 0 Å². The lowest BCUT2D eigenvalue weighted by Crippen LogP contribution is -2.06. The molecule has 1 aromatic carbocycles. The second-order valence-corrected chi connectivity index (χ2v) is 6.45. The van der Waals surface area contributed by atoms with Crippen molar-refractivity contribution >= 4 is 7.60 Å². The molecule has 0 aliphatic rings. The van der Waals surface area contributed by atoms with E-state index in [2.05, 4.69) is 6.58 Å². The SMILES string of the molecule is C=CC(c1ccccc1)P(=O)(OCCC)OCCC. The number of hydrogen-bond donors (Lipinski definition) is 0. The maximum atomic E-state index is 12.9. The molecule has 106 valence electrons. The summed E-state index contributed by atoms with van der Waals surface area (Å²) in [5, 5.41) is 0. The molecule has 4 heteroatoms. The van der Waals surface area contributed by atoms with E-state index in [1.54, 1.807) is 6.08 Å². The Kier molecular flexibility index (Phi) is 7.07. The van der Waals surface area contributed by atoms with Gasteiger partial charge in [-0.3, -0.25) is 4.57 Å². The molecule has 1 aromatic rings. The zero-order valence-corrected chi connectivity index (χ0v) is 12.6. The van der Waals surface area contributed by atoms with Crippen molar-refractivity contribution in [1.29, 1.82) is 0 Å². The monoisotopic (exact) mass is 282 g/mol. The van der Waals surface area contributed by atoms with Crippen molar-refractivity contribution in [3.8, 4) is 0 Å². The van der Waals surface area contributed by atoms with Gasteiger partial charge in [-0.2, -0.15) is 0 Å². The Labute approximate surface area is 116 Å². The minimum atomic E-state index is -3.20. The first-order chi connectivity index (χ1) is 9.18. The van der Waals surface area contributed by atoms with Gasteiger partial charge in [-0.15, -0.1) is 6.58 Å². The van der Waals surface area contributed by atoms with E-state index in [0.29, 0.717) is 13.2 Å². The van der Waals surface area contributed by atoms with Crippen LogP contribution in [0.2, 0.25) is 0 Å². The molecule has 0 fully saturated rings. The summed E-state index contributed by atoms with van der Waals surface area (Å²) >= 11 is 0. The predicted molar refractivity (Wildman–Crippen MR) is 79.5 cm³/mol. The first-order valence-corrected chi connectivity index (χ1v) is 8.35. The first-order valence-electron chi connectivity index (χ1n) is 6.74. The molecular formula is C15H23O3P. The van der Waals surface area contributed by atoms with Crippen LogP contribution in [-0.2, 0) is 13.6 Å². The summed E-state index contributed by atoms with van der Waals surface area (Å²) < 4.78 is 24.0. The third-order valence-corrected chi connectivity index (χ3v) is 4.93. The third kappa shape index (κ3) is 4.61. The molecule has 0 saturated carbocycles. The molecule has 0 amide bonds. The van der Waals surface area contributed by atoms with Crippen molar-refractivity contribution in [2.45, 2.75) is 32.3 Å². The van der Waals surface area contributed by atoms with Gasteiger partial charge >= 0.3 is 7.60 Å². The van der Waals surface area contributed by atoms with Crippen molar-refractivity contribution in [1.82, 2.24) is 0 Å². The van der Waals surface area contributed by atoms with Crippen molar-refractivity contribution < 1.29 is 13.6 Å². The van der Waals surface area contributed by atoms with Crippen LogP contribution >= 0.6 is 7.60 Å². The summed E-state index contributed by atoms with van der Waals surface area (Å²) in [6.45, 7) is 8.61. The number of allylic oxidation sites excluding steroid dienone is 1. The molecule has 1 atom stereocenters. The quantitative estimate of drug-likeness (QED) is 0.474. The van der Waals surface area contributed by atoms with Crippen LogP contribution in [0.5, 0.6) is 0 Å². The second-order valence-electron chi connectivity index (χ2n) is 4.30. The van der Waals surface area contributed by atoms with Crippen LogP contribution in [0.1, 0.15) is 37.9 Å². The van der Waals surface area contributed by atoms with Crippen LogP contribution < -0.4 is 0 Å². The van der Waals surface area contributed by atoms with Gasteiger partial charge in [0.1, 0.15) is 5.66 Å². The third-order valence-electron chi connectivity index (χ3n) is 2.66. The van der Waals surface area contributed by atoms with E-state index < -0.39 is 13.3 Å². The highest BCUT2D eigenvalue weighted by Crippen LogP contribution is 2.61. The number of hydrogen-bond acceptors (Lipinski definition) is 3. The molecule has 0 aliphatic carbocycles. The summed E-state index contributed by atoms with van der Waals surface area (Å²) in [5.74, 6) is 0. The van der Waals surface area contributed by atoms with Gasteiger partial charge in [0, 0.05) is 0 Å². The average molecular weight is 282 g/mol. The smallest absolute Gasteiger partial charge is 0.308 e. The Bertz CT molecular complexity index is 405. The Balaban J connectivity index is 2.99. The van der Waals surface area contributed by atoms with Crippen molar-refractivity contribution in [3.63, 3.8) is 0 Å². The summed E-state index contributed by atoms with van der Waals surface area (Å²) in [6.07, 6.45) is 3.26. The van der Waals surface area contributed by atoms with E-state index in [4.69, 9.17) is 9.05 Å². The molecular weight excluding hydrogens is 259 g/mol. The van der Waals surface area contributed by atoms with Gasteiger partial charge in [0.2, 0.25) is 0 Å². The van der Waals surface area contributed by atoms with Crippen molar-refractivity contribution in [2.24, 2.45) is 0 Å². The fourth-order valence-corrected chi connectivity index (χ4v) is 3.80. The molecule has 0 N–H and O–H groups in total. The van der Waals surface area contributed by atoms with E-state index in [-0.39, 0.29) is 0 Å². The highest BCUT2D eigenvalue weighted by molar-refractivity contribution is 7.54. The summed E-state index contributed by atoms with van der Waals surface area (Å²) in [6, 6.07) is 9.59. The van der Waals surface area contributed by atoms with E-state index in [1.807, 2.05) is 44.2 Å². The summed E-state index contributed by atoms with van der Waals surface area (Å²) in [7, 11) is -3.20. The lowest BCUT2D eigenvalue weighted by atomic mass is 10.1. The second kappa shape index (κ2) is 8.31. The average Bonchev–Trinajstić information content (AvgIpc) is 2.45. The predicted octanol–water partition coefficient (Wildman–Crippen LogP) is 4.96. The van der Waals surface area contributed by atoms with Gasteiger partial charge in [-0.05, 0) is 18.4 Å². The highest BCUT2D eigenvalue weighted by atomic mass is 31.2. The Morgan fingerprint density at radius 2 is 1.68 bits per heavy atom. The molecule has 3 nitrogen and oxygen atoms in total. The summed E-state index contributed by atoms with van der Waals surface area (Å²) in [5.41, 5.74) is 0.500. The fraction of sp³-hybridized carbons (Fsp3) is 0.467. The van der Waals surface area contributed by atoms with Crippen LogP contribution in [0.15, 0.2) is 43.0 Å². The highest BCUT2D eigenvalue weighted by Gasteiger charge is 2.34. The van der Waals surface area contributed by atoms with Crippen LogP contribution in [0, 0.1) is 0 Å². The molecule has 0 saturated heterocycles. The zero-order chi connectivity index (χ0) is 14.1. The number of rotatable bonds is 9. The maximum absolute atomic E-state index is 12.9. The molecule has 0 aromatic heterocycles. The van der Waals surface area contributed by atoms with Gasteiger partial charge in [0.25, 0.3) is 0 Å². The van der Waals surface area contributed by atoms with Crippen LogP contribution in [0.25, 0.3) is 0 Å². The molecule has 0 aliphatic heterocycles. The molecule has 0 heterocycles. The van der Waals surface area contributed by atoms with E-state index >= 15 is 0 Å². The maximum Gasteiger partial charge on any atom is 0.341 e. The fourth-order valence-electron chi connectivity index (χ4n) is 1.73. The molecule has 0 bridgehead atoms. The largest absolute Gasteiger partial charge is 0.341 e. The van der Waals surface area contributed by atoms with Gasteiger partial charge in [0.05, 0.1) is 13.2 Å². The van der Waals surface area contributed by atoms with Gasteiger partial charge in [-0.25, -0.2) is 0 Å². The minimum absolute atomic E-state index is 0.410. The van der Waals surface area contributed by atoms with E-state index in [0.717, 1.165) is 18.4 Å². The standard InChI is InChI=1S/C15H23O3P/c1-4-12-17-19(16,18-13-5-2)15(6-3)14-10-8-7-9-11-14/h6-11,15H,3-5,12-13H2,1-2H3. The number of benzene rings is 1. The van der Waals surface area contributed by atoms with Crippen molar-refractivity contribution in [2.75, 3.05) is 13.2 Å². The van der Waals surface area contributed by atoms with Crippen LogP contribution in [-0.4, -0.2) is 13.2 Å². The van der Waals surface area contributed by atoms with Crippen LogP contribution in [0.4, 0.5) is 0 Å². The first kappa shape index (κ1) is 16.2. The van der Waals surface area contributed by atoms with Crippen molar-refractivity contribution in [3.05, 3.63) is 48.6 Å². The normalized spacial score (nSPS) is 13.2. The molecule has 0 radical (unpaired) electrons. The lowest BCUT2D eigenvalue weighted by Gasteiger charge is -2.25. The van der Waals surface area contributed by atoms with E-state index in [9.17, 15) is 4.57 Å².